The Bertz CT molecular complexity index is 1310. The molecule has 1 atom stereocenters. The zero-order valence-electron chi connectivity index (χ0n) is 18.4. The second-order valence-electron chi connectivity index (χ2n) is 8.32. The summed E-state index contributed by atoms with van der Waals surface area (Å²) in [5.74, 6) is 0.894. The lowest BCUT2D eigenvalue weighted by molar-refractivity contribution is 0.0726. The highest BCUT2D eigenvalue weighted by Crippen LogP contribution is 2.33. The fourth-order valence-electron chi connectivity index (χ4n) is 4.45. The van der Waals surface area contributed by atoms with Crippen LogP contribution in [0.1, 0.15) is 27.6 Å². The van der Waals surface area contributed by atoms with Crippen LogP contribution in [0.2, 0.25) is 0 Å². The number of aromatic nitrogens is 2. The molecular formula is C27H24N4O2. The Morgan fingerprint density at radius 2 is 1.58 bits per heavy atom. The quantitative estimate of drug-likeness (QED) is 0.442. The molecule has 0 saturated carbocycles. The van der Waals surface area contributed by atoms with Crippen LogP contribution in [-0.4, -0.2) is 53.0 Å². The summed E-state index contributed by atoms with van der Waals surface area (Å²) in [6, 6.07) is 25.0. The molecule has 0 aliphatic carbocycles. The number of benzene rings is 3. The number of nitrogens with zero attached hydrogens (tertiary/aromatic N) is 4. The summed E-state index contributed by atoms with van der Waals surface area (Å²) in [4.78, 5) is 28.1. The van der Waals surface area contributed by atoms with Gasteiger partial charge in [0.15, 0.2) is 5.82 Å². The van der Waals surface area contributed by atoms with E-state index in [1.165, 1.54) is 0 Å². The van der Waals surface area contributed by atoms with Gasteiger partial charge in [-0.3, -0.25) is 9.59 Å². The van der Waals surface area contributed by atoms with Crippen molar-refractivity contribution in [2.24, 2.45) is 0 Å². The number of amides is 1. The summed E-state index contributed by atoms with van der Waals surface area (Å²) in [5.41, 5.74) is 3.05. The van der Waals surface area contributed by atoms with Crippen molar-refractivity contribution in [2.75, 3.05) is 24.5 Å². The van der Waals surface area contributed by atoms with Crippen molar-refractivity contribution in [3.63, 3.8) is 0 Å². The average Bonchev–Trinajstić information content (AvgIpc) is 2.88. The minimum Gasteiger partial charge on any atom is -0.348 e. The molecule has 6 heteroatoms. The molecule has 0 unspecified atom stereocenters. The number of hydrogen-bond acceptors (Lipinski definition) is 5. The predicted molar refractivity (Wildman–Crippen MR) is 130 cm³/mol. The van der Waals surface area contributed by atoms with Gasteiger partial charge < -0.3 is 9.80 Å². The van der Waals surface area contributed by atoms with Crippen molar-refractivity contribution in [1.29, 1.82) is 0 Å². The van der Waals surface area contributed by atoms with E-state index in [9.17, 15) is 9.59 Å². The van der Waals surface area contributed by atoms with Crippen molar-refractivity contribution in [1.82, 2.24) is 15.1 Å². The zero-order chi connectivity index (χ0) is 22.8. The van der Waals surface area contributed by atoms with E-state index in [0.29, 0.717) is 30.8 Å². The van der Waals surface area contributed by atoms with Crippen molar-refractivity contribution < 1.29 is 9.59 Å². The molecule has 1 saturated heterocycles. The number of carbonyl (C=O) groups excluding carboxylic acids is 2. The van der Waals surface area contributed by atoms with Crippen LogP contribution < -0.4 is 4.90 Å². The molecule has 1 amide bonds. The van der Waals surface area contributed by atoms with Gasteiger partial charge in [0.1, 0.15) is 12.0 Å². The van der Waals surface area contributed by atoms with Gasteiger partial charge in [0.05, 0.1) is 0 Å². The van der Waals surface area contributed by atoms with Gasteiger partial charge in [-0.1, -0.05) is 66.7 Å². The maximum Gasteiger partial charge on any atom is 0.253 e. The van der Waals surface area contributed by atoms with Crippen molar-refractivity contribution >= 4 is 28.8 Å². The maximum atomic E-state index is 12.9. The SMILES string of the molecule is C[C@@H]1CN(C(=O)c2ccccc2)CCN1c1nnc(-c2ccc(C=O)cc2)c2ccccc12. The highest BCUT2D eigenvalue weighted by atomic mass is 16.2. The van der Waals surface area contributed by atoms with E-state index in [-0.39, 0.29) is 11.9 Å². The highest BCUT2D eigenvalue weighted by molar-refractivity contribution is 6.00. The van der Waals surface area contributed by atoms with Crippen molar-refractivity contribution in [3.8, 4) is 11.3 Å². The first kappa shape index (κ1) is 20.8. The number of rotatable bonds is 4. The summed E-state index contributed by atoms with van der Waals surface area (Å²) >= 11 is 0. The Balaban J connectivity index is 1.45. The number of piperazine rings is 1. The first-order valence-corrected chi connectivity index (χ1v) is 11.1. The van der Waals surface area contributed by atoms with Gasteiger partial charge in [0, 0.05) is 53.1 Å². The third kappa shape index (κ3) is 3.96. The number of fused-ring (bicyclic) bond motifs is 1. The molecule has 2 heterocycles. The standard InChI is InChI=1S/C27H24N4O2/c1-19-17-30(27(33)22-7-3-2-4-8-22)15-16-31(19)26-24-10-6-5-9-23(24)25(28-29-26)21-13-11-20(18-32)12-14-21/h2-14,18-19H,15-17H2,1H3/t19-/m1/s1. The zero-order valence-corrected chi connectivity index (χ0v) is 18.4. The molecule has 164 valence electrons. The molecule has 3 aromatic carbocycles. The van der Waals surface area contributed by atoms with Gasteiger partial charge in [-0.2, -0.15) is 0 Å². The lowest BCUT2D eigenvalue weighted by Gasteiger charge is -2.40. The molecule has 6 nitrogen and oxygen atoms in total. The molecule has 0 spiro atoms. The predicted octanol–water partition coefficient (Wildman–Crippen LogP) is 4.46. The van der Waals surface area contributed by atoms with Crippen LogP contribution in [0, 0.1) is 0 Å². The number of carbonyl (C=O) groups is 2. The van der Waals surface area contributed by atoms with Crippen LogP contribution in [0.3, 0.4) is 0 Å². The van der Waals surface area contributed by atoms with Crippen LogP contribution in [0.15, 0.2) is 78.9 Å². The molecule has 4 aromatic rings. The third-order valence-corrected chi connectivity index (χ3v) is 6.20. The lowest BCUT2D eigenvalue weighted by atomic mass is 10.0. The first-order chi connectivity index (χ1) is 16.2. The van der Waals surface area contributed by atoms with E-state index in [1.807, 2.05) is 59.5 Å². The summed E-state index contributed by atoms with van der Waals surface area (Å²) < 4.78 is 0. The van der Waals surface area contributed by atoms with Crippen molar-refractivity contribution in [3.05, 3.63) is 90.0 Å². The van der Waals surface area contributed by atoms with E-state index in [1.54, 1.807) is 12.1 Å². The molecule has 0 bridgehead atoms. The summed E-state index contributed by atoms with van der Waals surface area (Å²) in [5, 5.41) is 11.2. The van der Waals surface area contributed by atoms with Crippen LogP contribution in [0.25, 0.3) is 22.0 Å². The molecular weight excluding hydrogens is 412 g/mol. The van der Waals surface area contributed by atoms with E-state index in [0.717, 1.165) is 34.1 Å². The van der Waals surface area contributed by atoms with E-state index < -0.39 is 0 Å². The summed E-state index contributed by atoms with van der Waals surface area (Å²) in [7, 11) is 0. The van der Waals surface area contributed by atoms with Gasteiger partial charge >= 0.3 is 0 Å². The minimum absolute atomic E-state index is 0.0622. The van der Waals surface area contributed by atoms with Gasteiger partial charge in [0.2, 0.25) is 0 Å². The molecule has 1 aliphatic rings. The smallest absolute Gasteiger partial charge is 0.253 e. The molecule has 5 rings (SSSR count). The Morgan fingerprint density at radius 1 is 0.879 bits per heavy atom. The monoisotopic (exact) mass is 436 g/mol. The van der Waals surface area contributed by atoms with Gasteiger partial charge in [-0.25, -0.2) is 0 Å². The molecule has 0 N–H and O–H groups in total. The van der Waals surface area contributed by atoms with Crippen LogP contribution in [-0.2, 0) is 0 Å². The Kier molecular flexibility index (Phi) is 5.57. The summed E-state index contributed by atoms with van der Waals surface area (Å²) in [6.45, 7) is 4.06. The normalized spacial score (nSPS) is 16.1. The largest absolute Gasteiger partial charge is 0.348 e. The van der Waals surface area contributed by atoms with Gasteiger partial charge in [-0.15, -0.1) is 10.2 Å². The number of aldehydes is 1. The highest BCUT2D eigenvalue weighted by Gasteiger charge is 2.29. The Morgan fingerprint density at radius 3 is 2.27 bits per heavy atom. The van der Waals surface area contributed by atoms with Gasteiger partial charge in [-0.05, 0) is 19.1 Å². The Hall–Kier alpha value is -4.06. The first-order valence-electron chi connectivity index (χ1n) is 11.1. The van der Waals surface area contributed by atoms with E-state index in [4.69, 9.17) is 0 Å². The second-order valence-corrected chi connectivity index (χ2v) is 8.32. The average molecular weight is 437 g/mol. The minimum atomic E-state index is 0.0622. The fraction of sp³-hybridized carbons (Fsp3) is 0.185. The molecule has 0 radical (unpaired) electrons. The third-order valence-electron chi connectivity index (χ3n) is 6.20. The van der Waals surface area contributed by atoms with Crippen LogP contribution in [0.4, 0.5) is 5.82 Å². The fourth-order valence-corrected chi connectivity index (χ4v) is 4.45. The summed E-state index contributed by atoms with van der Waals surface area (Å²) in [6.07, 6.45) is 0.834. The molecule has 33 heavy (non-hydrogen) atoms. The molecule has 1 aliphatic heterocycles. The van der Waals surface area contributed by atoms with E-state index >= 15 is 0 Å². The molecule has 1 aromatic heterocycles. The van der Waals surface area contributed by atoms with Crippen LogP contribution >= 0.6 is 0 Å². The van der Waals surface area contributed by atoms with E-state index in [2.05, 4.69) is 34.2 Å². The maximum absolute atomic E-state index is 12.9. The van der Waals surface area contributed by atoms with Gasteiger partial charge in [0.25, 0.3) is 5.91 Å². The molecule has 1 fully saturated rings. The van der Waals surface area contributed by atoms with Crippen LogP contribution in [0.5, 0.6) is 0 Å². The number of hydrogen-bond donors (Lipinski definition) is 0. The lowest BCUT2D eigenvalue weighted by Crippen LogP contribution is -2.54. The topological polar surface area (TPSA) is 66.4 Å². The Labute approximate surface area is 192 Å². The number of anilines is 1. The van der Waals surface area contributed by atoms with Crippen molar-refractivity contribution in [2.45, 2.75) is 13.0 Å². The second kappa shape index (κ2) is 8.82.